The fourth-order valence-corrected chi connectivity index (χ4v) is 2.81. The molecule has 0 spiro atoms. The number of nitrogens with zero attached hydrogens (tertiary/aromatic N) is 4. The van der Waals surface area contributed by atoms with Crippen molar-refractivity contribution in [2.24, 2.45) is 16.1 Å². The number of hydrogen-bond donors (Lipinski definition) is 1. The van der Waals surface area contributed by atoms with Crippen molar-refractivity contribution < 1.29 is 4.79 Å². The highest BCUT2D eigenvalue weighted by Gasteiger charge is 2.33. The van der Waals surface area contributed by atoms with Gasteiger partial charge in [0.05, 0.1) is 16.9 Å². The number of carbonyl (C=O) groups excluding carboxylic acids is 1. The van der Waals surface area contributed by atoms with Gasteiger partial charge in [-0.15, -0.1) is 0 Å². The summed E-state index contributed by atoms with van der Waals surface area (Å²) in [6.45, 7) is 1.83. The van der Waals surface area contributed by atoms with Gasteiger partial charge in [0, 0.05) is 11.6 Å². The summed E-state index contributed by atoms with van der Waals surface area (Å²) in [5, 5.41) is 11.0. The number of nitrogens with one attached hydrogen (secondary N) is 1. The number of pyridine rings is 1. The second-order valence-electron chi connectivity index (χ2n) is 5.98. The van der Waals surface area contributed by atoms with Crippen molar-refractivity contribution in [3.63, 3.8) is 0 Å². The number of aromatic nitrogens is 1. The summed E-state index contributed by atoms with van der Waals surface area (Å²) in [7, 11) is 0. The molecule has 2 heterocycles. The molecule has 26 heavy (non-hydrogen) atoms. The maximum absolute atomic E-state index is 12.6. The minimum atomic E-state index is -0.483. The minimum Gasteiger partial charge on any atom is -0.271 e. The van der Waals surface area contributed by atoms with Crippen LogP contribution in [0.5, 0.6) is 0 Å². The Labute approximate surface area is 150 Å². The largest absolute Gasteiger partial charge is 0.271 e. The van der Waals surface area contributed by atoms with E-state index in [-0.39, 0.29) is 5.91 Å². The van der Waals surface area contributed by atoms with Crippen molar-refractivity contribution in [3.8, 4) is 0 Å². The summed E-state index contributed by atoms with van der Waals surface area (Å²) < 4.78 is 0. The number of anilines is 2. The molecule has 1 amide bonds. The van der Waals surface area contributed by atoms with E-state index in [4.69, 9.17) is 0 Å². The van der Waals surface area contributed by atoms with Gasteiger partial charge in [-0.1, -0.05) is 36.4 Å². The van der Waals surface area contributed by atoms with Crippen molar-refractivity contribution in [2.45, 2.75) is 6.92 Å². The zero-order valence-corrected chi connectivity index (χ0v) is 14.2. The number of para-hydroxylation sites is 2. The van der Waals surface area contributed by atoms with E-state index in [1.54, 1.807) is 6.21 Å². The predicted octanol–water partition coefficient (Wildman–Crippen LogP) is 3.67. The average Bonchev–Trinajstić information content (AvgIpc) is 2.97. The molecule has 1 unspecified atom stereocenters. The number of rotatable bonds is 4. The first-order valence-electron chi connectivity index (χ1n) is 8.31. The highest BCUT2D eigenvalue weighted by atomic mass is 16.2. The quantitative estimate of drug-likeness (QED) is 0.580. The molecule has 0 radical (unpaired) electrons. The van der Waals surface area contributed by atoms with Crippen LogP contribution in [0.4, 0.5) is 11.5 Å². The highest BCUT2D eigenvalue weighted by molar-refractivity contribution is 6.23. The molecule has 128 valence electrons. The molecule has 1 aliphatic heterocycles. The van der Waals surface area contributed by atoms with Crippen molar-refractivity contribution in [1.82, 2.24) is 4.98 Å². The number of amides is 1. The van der Waals surface area contributed by atoms with Crippen LogP contribution in [0.15, 0.2) is 76.9 Å². The van der Waals surface area contributed by atoms with E-state index in [2.05, 4.69) is 20.6 Å². The Bertz CT molecular complexity index is 1010. The first-order valence-corrected chi connectivity index (χ1v) is 8.31. The van der Waals surface area contributed by atoms with Crippen LogP contribution in [0.1, 0.15) is 6.92 Å². The van der Waals surface area contributed by atoms with Crippen molar-refractivity contribution in [2.75, 3.05) is 10.4 Å². The molecule has 1 atom stereocenters. The molecule has 0 bridgehead atoms. The zero-order valence-electron chi connectivity index (χ0n) is 14.2. The summed E-state index contributed by atoms with van der Waals surface area (Å²) in [5.41, 5.74) is 5.23. The van der Waals surface area contributed by atoms with Crippen LogP contribution in [0.2, 0.25) is 0 Å². The lowest BCUT2D eigenvalue weighted by Crippen LogP contribution is -2.28. The molecule has 0 saturated heterocycles. The number of carbonyl (C=O) groups is 1. The SMILES string of the molecule is CC1=NN(c2ccccc2)C(=O)C1/C=N/Nc1ccc2ccccc2n1. The second kappa shape index (κ2) is 6.76. The van der Waals surface area contributed by atoms with E-state index in [9.17, 15) is 4.79 Å². The van der Waals surface area contributed by atoms with Gasteiger partial charge in [-0.25, -0.2) is 4.98 Å². The van der Waals surface area contributed by atoms with Crippen LogP contribution in [-0.4, -0.2) is 22.8 Å². The van der Waals surface area contributed by atoms with Gasteiger partial charge in [-0.2, -0.15) is 15.2 Å². The lowest BCUT2D eigenvalue weighted by atomic mass is 10.1. The molecule has 1 aliphatic rings. The maximum atomic E-state index is 12.6. The van der Waals surface area contributed by atoms with Crippen LogP contribution in [0.3, 0.4) is 0 Å². The lowest BCUT2D eigenvalue weighted by Gasteiger charge is -2.12. The van der Waals surface area contributed by atoms with E-state index in [1.807, 2.05) is 73.7 Å². The van der Waals surface area contributed by atoms with Gasteiger partial charge in [0.25, 0.3) is 5.91 Å². The number of hydrazone groups is 2. The molecule has 6 heteroatoms. The Morgan fingerprint density at radius 1 is 1.04 bits per heavy atom. The topological polar surface area (TPSA) is 70.0 Å². The van der Waals surface area contributed by atoms with Gasteiger partial charge in [0.1, 0.15) is 11.7 Å². The van der Waals surface area contributed by atoms with Crippen LogP contribution < -0.4 is 10.4 Å². The number of hydrogen-bond acceptors (Lipinski definition) is 5. The summed E-state index contributed by atoms with van der Waals surface area (Å²) >= 11 is 0. The van der Waals surface area contributed by atoms with Crippen molar-refractivity contribution in [1.29, 1.82) is 0 Å². The third-order valence-corrected chi connectivity index (χ3v) is 4.18. The van der Waals surface area contributed by atoms with Crippen molar-refractivity contribution >= 4 is 40.2 Å². The van der Waals surface area contributed by atoms with Gasteiger partial charge in [-0.3, -0.25) is 10.2 Å². The fourth-order valence-electron chi connectivity index (χ4n) is 2.81. The van der Waals surface area contributed by atoms with Gasteiger partial charge < -0.3 is 0 Å². The molecule has 2 aromatic carbocycles. The van der Waals surface area contributed by atoms with E-state index in [1.165, 1.54) is 5.01 Å². The van der Waals surface area contributed by atoms with Gasteiger partial charge >= 0.3 is 0 Å². The number of fused-ring (bicyclic) bond motifs is 1. The summed E-state index contributed by atoms with van der Waals surface area (Å²) in [4.78, 5) is 17.1. The molecule has 6 nitrogen and oxygen atoms in total. The summed E-state index contributed by atoms with van der Waals surface area (Å²) in [6.07, 6.45) is 1.57. The summed E-state index contributed by atoms with van der Waals surface area (Å²) in [5.74, 6) is 0.0220. The maximum Gasteiger partial charge on any atom is 0.261 e. The molecule has 1 N–H and O–H groups in total. The molecule has 0 saturated carbocycles. The van der Waals surface area contributed by atoms with Crippen LogP contribution in [0.25, 0.3) is 10.9 Å². The highest BCUT2D eigenvalue weighted by Crippen LogP contribution is 2.22. The van der Waals surface area contributed by atoms with E-state index in [0.717, 1.165) is 16.6 Å². The zero-order chi connectivity index (χ0) is 17.9. The first kappa shape index (κ1) is 16.0. The third-order valence-electron chi connectivity index (χ3n) is 4.18. The monoisotopic (exact) mass is 343 g/mol. The Morgan fingerprint density at radius 2 is 1.81 bits per heavy atom. The molecular weight excluding hydrogens is 326 g/mol. The molecule has 4 rings (SSSR count). The summed E-state index contributed by atoms with van der Waals surface area (Å²) in [6, 6.07) is 21.1. The lowest BCUT2D eigenvalue weighted by molar-refractivity contribution is -0.118. The fraction of sp³-hybridized carbons (Fsp3) is 0.100. The third kappa shape index (κ3) is 3.04. The Kier molecular flexibility index (Phi) is 4.15. The van der Waals surface area contributed by atoms with Crippen LogP contribution in [0, 0.1) is 5.92 Å². The van der Waals surface area contributed by atoms with Crippen LogP contribution >= 0.6 is 0 Å². The number of benzene rings is 2. The van der Waals surface area contributed by atoms with Gasteiger partial charge in [0.2, 0.25) is 0 Å². The standard InChI is InChI=1S/C20H17N5O/c1-14-17(20(26)25(24-14)16-8-3-2-4-9-16)13-21-23-19-12-11-15-7-5-6-10-18(15)22-19/h2-13,17H,1H3,(H,22,23)/b21-13+. The average molecular weight is 343 g/mol. The predicted molar refractivity (Wildman–Crippen MR) is 104 cm³/mol. The van der Waals surface area contributed by atoms with E-state index >= 15 is 0 Å². The Balaban J connectivity index is 1.48. The molecule has 0 fully saturated rings. The molecular formula is C20H17N5O. The Morgan fingerprint density at radius 3 is 2.65 bits per heavy atom. The second-order valence-corrected chi connectivity index (χ2v) is 5.98. The molecule has 0 aliphatic carbocycles. The normalized spacial score (nSPS) is 17.1. The van der Waals surface area contributed by atoms with Crippen LogP contribution in [-0.2, 0) is 4.79 Å². The molecule has 3 aromatic rings. The van der Waals surface area contributed by atoms with Gasteiger partial charge in [-0.05, 0) is 37.3 Å². The van der Waals surface area contributed by atoms with E-state index < -0.39 is 5.92 Å². The Hall–Kier alpha value is -3.54. The van der Waals surface area contributed by atoms with Crippen molar-refractivity contribution in [3.05, 3.63) is 66.7 Å². The minimum absolute atomic E-state index is 0.120. The first-order chi connectivity index (χ1) is 12.7. The smallest absolute Gasteiger partial charge is 0.261 e. The van der Waals surface area contributed by atoms with Gasteiger partial charge in [0.15, 0.2) is 0 Å². The molecule has 1 aromatic heterocycles. The van der Waals surface area contributed by atoms with E-state index in [0.29, 0.717) is 11.5 Å².